The number of carbonyl (C=O) groups is 3. The van der Waals surface area contributed by atoms with E-state index in [4.69, 9.17) is 4.74 Å². The number of aliphatic imine (C=N–C) groups is 1. The highest BCUT2D eigenvalue weighted by Crippen LogP contribution is 2.27. The first-order chi connectivity index (χ1) is 13.3. The van der Waals surface area contributed by atoms with Gasteiger partial charge in [-0.3, -0.25) is 24.6 Å². The second kappa shape index (κ2) is 8.08. The Labute approximate surface area is 164 Å². The Morgan fingerprint density at radius 3 is 2.75 bits per heavy atom. The molecule has 1 aromatic heterocycles. The smallest absolute Gasteiger partial charge is 0.331 e. The van der Waals surface area contributed by atoms with Crippen LogP contribution in [0.4, 0.5) is 0 Å². The molecule has 3 heterocycles. The van der Waals surface area contributed by atoms with Crippen LogP contribution >= 0.6 is 0 Å². The number of amides is 2. The Balaban J connectivity index is 1.86. The molecule has 1 aromatic rings. The molecule has 2 fully saturated rings. The van der Waals surface area contributed by atoms with Crippen molar-refractivity contribution in [3.05, 3.63) is 30.1 Å². The van der Waals surface area contributed by atoms with Gasteiger partial charge in [-0.15, -0.1) is 0 Å². The standard InChI is InChI=1S/C20H26N4O4/c1-20(2,3)28-19(27)16-8-6-12-23-17(25)10-9-15(18(26)24(16)23)22-13-14-7-4-5-11-21-14/h4-5,7,11,13,15-16H,6,8-10,12H2,1-3H3/t15-,16-/m0/s1. The number of aromatic nitrogens is 1. The van der Waals surface area contributed by atoms with Gasteiger partial charge in [-0.05, 0) is 52.2 Å². The predicted molar refractivity (Wildman–Crippen MR) is 102 cm³/mol. The third-order valence-corrected chi connectivity index (χ3v) is 4.59. The van der Waals surface area contributed by atoms with Gasteiger partial charge >= 0.3 is 5.97 Å². The first-order valence-corrected chi connectivity index (χ1v) is 9.57. The topological polar surface area (TPSA) is 92.2 Å². The van der Waals surface area contributed by atoms with E-state index in [0.29, 0.717) is 31.5 Å². The summed E-state index contributed by atoms with van der Waals surface area (Å²) in [7, 11) is 0. The lowest BCUT2D eigenvalue weighted by Crippen LogP contribution is -2.61. The van der Waals surface area contributed by atoms with Crippen molar-refractivity contribution in [2.45, 2.75) is 64.1 Å². The van der Waals surface area contributed by atoms with Crippen molar-refractivity contribution in [2.24, 2.45) is 4.99 Å². The second-order valence-electron chi connectivity index (χ2n) is 7.98. The molecule has 2 atom stereocenters. The van der Waals surface area contributed by atoms with Crippen molar-refractivity contribution in [3.8, 4) is 0 Å². The van der Waals surface area contributed by atoms with E-state index in [1.165, 1.54) is 16.2 Å². The Morgan fingerprint density at radius 2 is 2.07 bits per heavy atom. The molecule has 8 heteroatoms. The molecule has 8 nitrogen and oxygen atoms in total. The summed E-state index contributed by atoms with van der Waals surface area (Å²) in [5.41, 5.74) is -0.0421. The van der Waals surface area contributed by atoms with Gasteiger partial charge in [-0.2, -0.15) is 0 Å². The fraction of sp³-hybridized carbons (Fsp3) is 0.550. The minimum Gasteiger partial charge on any atom is -0.458 e. The number of ether oxygens (including phenoxy) is 1. The fourth-order valence-electron chi connectivity index (χ4n) is 3.36. The average Bonchev–Trinajstić information content (AvgIpc) is 2.77. The normalized spacial score (nSPS) is 23.5. The predicted octanol–water partition coefficient (Wildman–Crippen LogP) is 1.74. The summed E-state index contributed by atoms with van der Waals surface area (Å²) in [6, 6.07) is 3.86. The van der Waals surface area contributed by atoms with Crippen molar-refractivity contribution in [2.75, 3.05) is 6.54 Å². The maximum absolute atomic E-state index is 13.2. The second-order valence-corrected chi connectivity index (χ2v) is 7.98. The summed E-state index contributed by atoms with van der Waals surface area (Å²) >= 11 is 0. The first-order valence-electron chi connectivity index (χ1n) is 9.57. The number of hydrazine groups is 1. The molecule has 0 N–H and O–H groups in total. The maximum Gasteiger partial charge on any atom is 0.331 e. The average molecular weight is 386 g/mol. The van der Waals surface area contributed by atoms with Gasteiger partial charge in [-0.1, -0.05) is 6.07 Å². The largest absolute Gasteiger partial charge is 0.458 e. The van der Waals surface area contributed by atoms with Gasteiger partial charge in [0.2, 0.25) is 5.91 Å². The van der Waals surface area contributed by atoms with Crippen molar-refractivity contribution in [1.29, 1.82) is 0 Å². The van der Waals surface area contributed by atoms with Gasteiger partial charge in [0.05, 0.1) is 5.69 Å². The molecular weight excluding hydrogens is 360 g/mol. The minimum atomic E-state index is -0.810. The number of hydrogen-bond donors (Lipinski definition) is 0. The van der Waals surface area contributed by atoms with Gasteiger partial charge in [0.15, 0.2) is 6.04 Å². The quantitative estimate of drug-likeness (QED) is 0.583. The number of carbonyl (C=O) groups excluding carboxylic acids is 3. The van der Waals surface area contributed by atoms with Gasteiger partial charge in [0, 0.05) is 25.4 Å². The monoisotopic (exact) mass is 386 g/mol. The van der Waals surface area contributed by atoms with E-state index in [2.05, 4.69) is 9.98 Å². The molecule has 2 saturated heterocycles. The van der Waals surface area contributed by atoms with Crippen LogP contribution in [0.1, 0.15) is 52.1 Å². The van der Waals surface area contributed by atoms with E-state index < -0.39 is 23.7 Å². The number of pyridine rings is 1. The number of hydrogen-bond acceptors (Lipinski definition) is 6. The van der Waals surface area contributed by atoms with E-state index in [1.807, 2.05) is 6.07 Å². The summed E-state index contributed by atoms with van der Waals surface area (Å²) in [5.74, 6) is -1.02. The van der Waals surface area contributed by atoms with Gasteiger partial charge in [0.25, 0.3) is 5.91 Å². The van der Waals surface area contributed by atoms with Crippen molar-refractivity contribution >= 4 is 24.0 Å². The summed E-state index contributed by atoms with van der Waals surface area (Å²) in [5, 5.41) is 2.68. The van der Waals surface area contributed by atoms with Crippen LogP contribution in [0, 0.1) is 0 Å². The van der Waals surface area contributed by atoms with E-state index in [1.54, 1.807) is 39.1 Å². The van der Waals surface area contributed by atoms with Crippen LogP contribution in [0.15, 0.2) is 29.4 Å². The van der Waals surface area contributed by atoms with Crippen LogP contribution in [0.3, 0.4) is 0 Å². The molecule has 0 aliphatic carbocycles. The third-order valence-electron chi connectivity index (χ3n) is 4.59. The van der Waals surface area contributed by atoms with Crippen LogP contribution < -0.4 is 0 Å². The van der Waals surface area contributed by atoms with Crippen molar-refractivity contribution < 1.29 is 19.1 Å². The fourth-order valence-corrected chi connectivity index (χ4v) is 3.36. The number of esters is 1. The van der Waals surface area contributed by atoms with Crippen LogP contribution in [0.2, 0.25) is 0 Å². The SMILES string of the molecule is CC(C)(C)OC(=O)[C@@H]1CCCN2C(=O)CC[C@H](N=Cc3ccccn3)C(=O)N12. The molecule has 2 amide bonds. The van der Waals surface area contributed by atoms with Crippen LogP contribution in [0.5, 0.6) is 0 Å². The number of nitrogens with zero attached hydrogens (tertiary/aromatic N) is 4. The minimum absolute atomic E-state index is 0.169. The molecule has 0 saturated carbocycles. The highest BCUT2D eigenvalue weighted by Gasteiger charge is 2.45. The lowest BCUT2D eigenvalue weighted by Gasteiger charge is -2.42. The molecule has 2 aliphatic heterocycles. The zero-order valence-electron chi connectivity index (χ0n) is 16.5. The Kier molecular flexibility index (Phi) is 5.76. The lowest BCUT2D eigenvalue weighted by molar-refractivity contribution is -0.187. The highest BCUT2D eigenvalue weighted by molar-refractivity contribution is 5.93. The Hall–Kier alpha value is -2.77. The van der Waals surface area contributed by atoms with Gasteiger partial charge in [-0.25, -0.2) is 9.80 Å². The number of rotatable bonds is 3. The van der Waals surface area contributed by atoms with Crippen LogP contribution in [0.25, 0.3) is 0 Å². The third kappa shape index (κ3) is 4.55. The lowest BCUT2D eigenvalue weighted by atomic mass is 10.1. The Morgan fingerprint density at radius 1 is 1.29 bits per heavy atom. The molecule has 28 heavy (non-hydrogen) atoms. The molecule has 3 rings (SSSR count). The van der Waals surface area contributed by atoms with Crippen LogP contribution in [-0.4, -0.2) is 63.2 Å². The molecule has 2 aliphatic rings. The van der Waals surface area contributed by atoms with Gasteiger partial charge < -0.3 is 4.74 Å². The van der Waals surface area contributed by atoms with Crippen molar-refractivity contribution in [1.82, 2.24) is 15.0 Å². The first kappa shape index (κ1) is 20.0. The summed E-state index contributed by atoms with van der Waals surface area (Å²) in [6.45, 7) is 5.75. The van der Waals surface area contributed by atoms with E-state index in [-0.39, 0.29) is 18.2 Å². The summed E-state index contributed by atoms with van der Waals surface area (Å²) in [4.78, 5) is 47.1. The zero-order chi connectivity index (χ0) is 20.3. The zero-order valence-corrected chi connectivity index (χ0v) is 16.5. The van der Waals surface area contributed by atoms with Crippen molar-refractivity contribution in [3.63, 3.8) is 0 Å². The highest BCUT2D eigenvalue weighted by atomic mass is 16.6. The summed E-state index contributed by atoms with van der Waals surface area (Å²) < 4.78 is 5.50. The van der Waals surface area contributed by atoms with E-state index >= 15 is 0 Å². The molecule has 0 radical (unpaired) electrons. The number of fused-ring (bicyclic) bond motifs is 1. The van der Waals surface area contributed by atoms with Gasteiger partial charge in [0.1, 0.15) is 11.6 Å². The molecule has 150 valence electrons. The molecular formula is C20H26N4O4. The van der Waals surface area contributed by atoms with E-state index in [0.717, 1.165) is 0 Å². The molecule has 0 unspecified atom stereocenters. The van der Waals surface area contributed by atoms with E-state index in [9.17, 15) is 14.4 Å². The Bertz CT molecular complexity index is 772. The maximum atomic E-state index is 13.2. The summed E-state index contributed by atoms with van der Waals surface area (Å²) in [6.07, 6.45) is 4.78. The molecule has 0 bridgehead atoms. The molecule has 0 spiro atoms. The molecule has 0 aromatic carbocycles. The van der Waals surface area contributed by atoms with Crippen LogP contribution in [-0.2, 0) is 19.1 Å².